The number of unbranched alkanes of at least 4 members (excludes halogenated alkanes) is 36. The zero-order valence-electron chi connectivity index (χ0n) is 43.9. The first kappa shape index (κ1) is 63.1. The van der Waals surface area contributed by atoms with Crippen LogP contribution >= 0.6 is 0 Å². The molecule has 0 saturated heterocycles. The number of nitrogens with zero attached hydrogens (tertiary/aromatic N) is 1. The van der Waals surface area contributed by atoms with Gasteiger partial charge in [-0.15, -0.1) is 0 Å². The van der Waals surface area contributed by atoms with Crippen molar-refractivity contribution in [1.82, 2.24) is 0 Å². The molecule has 65 heavy (non-hydrogen) atoms. The number of likely N-dealkylation sites (N-methyl/N-ethyl adjacent to an activating group) is 1. The average molecular weight is 920 g/mol. The number of carboxylic acids is 1. The quantitative estimate of drug-likeness (QED) is 0.0259. The molecule has 0 aromatic heterocycles. The highest BCUT2D eigenvalue weighted by molar-refractivity contribution is 5.70. The highest BCUT2D eigenvalue weighted by Crippen LogP contribution is 2.17. The number of quaternary nitrogens is 1. The van der Waals surface area contributed by atoms with E-state index in [4.69, 9.17) is 14.2 Å². The Morgan fingerprint density at radius 1 is 0.446 bits per heavy atom. The molecule has 0 bridgehead atoms. The fourth-order valence-electron chi connectivity index (χ4n) is 8.78. The molecule has 0 amide bonds. The minimum Gasteiger partial charge on any atom is -0.544 e. The van der Waals surface area contributed by atoms with Gasteiger partial charge in [-0.25, -0.2) is 0 Å². The summed E-state index contributed by atoms with van der Waals surface area (Å²) in [6, 6.07) is -0.723. The lowest BCUT2D eigenvalue weighted by atomic mass is 10.0. The van der Waals surface area contributed by atoms with E-state index in [1.807, 2.05) is 21.1 Å². The van der Waals surface area contributed by atoms with Crippen molar-refractivity contribution < 1.29 is 38.2 Å². The molecular weight excluding hydrogens is 811 g/mol. The van der Waals surface area contributed by atoms with Gasteiger partial charge < -0.3 is 28.6 Å². The van der Waals surface area contributed by atoms with Crippen LogP contribution in [-0.4, -0.2) is 75.5 Å². The molecule has 0 aromatic rings. The highest BCUT2D eigenvalue weighted by atomic mass is 16.6. The van der Waals surface area contributed by atoms with Gasteiger partial charge in [0.2, 0.25) is 0 Å². The molecule has 8 heteroatoms. The van der Waals surface area contributed by atoms with Crippen molar-refractivity contribution in [2.45, 2.75) is 296 Å². The summed E-state index contributed by atoms with van der Waals surface area (Å²) in [6.07, 6.45) is 55.3. The first-order chi connectivity index (χ1) is 31.6. The monoisotopic (exact) mass is 920 g/mol. The fraction of sp³-hybridized carbons (Fsp3) is 0.912. The van der Waals surface area contributed by atoms with E-state index in [2.05, 4.69) is 26.0 Å². The largest absolute Gasteiger partial charge is 0.544 e. The SMILES string of the molecule is CCCCCCCCCCC/C=C/CCCCCCCCCC(=O)OCC(COCCC(C(=O)[O-])[N+](C)(C)C)OC(=O)CCCCCCCCCCCCCCCCCCCCCCC. The van der Waals surface area contributed by atoms with Crippen LogP contribution in [0.1, 0.15) is 284 Å². The normalized spacial score (nSPS) is 12.8. The van der Waals surface area contributed by atoms with Crippen LogP contribution in [0.3, 0.4) is 0 Å². The van der Waals surface area contributed by atoms with Gasteiger partial charge >= 0.3 is 11.9 Å². The Labute approximate surface area is 403 Å². The van der Waals surface area contributed by atoms with Gasteiger partial charge in [0.05, 0.1) is 40.3 Å². The molecule has 0 spiro atoms. The summed E-state index contributed by atoms with van der Waals surface area (Å²) < 4.78 is 17.3. The predicted molar refractivity (Wildman–Crippen MR) is 273 cm³/mol. The maximum atomic E-state index is 12.8. The second-order valence-electron chi connectivity index (χ2n) is 20.5. The smallest absolute Gasteiger partial charge is 0.306 e. The summed E-state index contributed by atoms with van der Waals surface area (Å²) in [5.74, 6) is -1.71. The second-order valence-corrected chi connectivity index (χ2v) is 20.5. The van der Waals surface area contributed by atoms with Gasteiger partial charge in [0, 0.05) is 19.3 Å². The van der Waals surface area contributed by atoms with Gasteiger partial charge in [-0.05, 0) is 38.5 Å². The van der Waals surface area contributed by atoms with Crippen LogP contribution in [0.4, 0.5) is 0 Å². The first-order valence-corrected chi connectivity index (χ1v) is 28.2. The molecule has 2 unspecified atom stereocenters. The van der Waals surface area contributed by atoms with Crippen molar-refractivity contribution in [3.63, 3.8) is 0 Å². The average Bonchev–Trinajstić information content (AvgIpc) is 3.27. The Kier molecular flexibility index (Phi) is 47.1. The summed E-state index contributed by atoms with van der Waals surface area (Å²) in [7, 11) is 5.43. The summed E-state index contributed by atoms with van der Waals surface area (Å²) in [6.45, 7) is 4.72. The summed E-state index contributed by atoms with van der Waals surface area (Å²) >= 11 is 0. The van der Waals surface area contributed by atoms with Crippen LogP contribution in [-0.2, 0) is 28.6 Å². The molecular formula is C57H109NO7. The van der Waals surface area contributed by atoms with E-state index in [0.717, 1.165) is 38.5 Å². The third-order valence-corrected chi connectivity index (χ3v) is 13.2. The Balaban J connectivity index is 4.15. The van der Waals surface area contributed by atoms with Crippen LogP contribution < -0.4 is 5.11 Å². The molecule has 0 fully saturated rings. The molecule has 0 radical (unpaired) electrons. The van der Waals surface area contributed by atoms with Crippen LogP contribution in [0.5, 0.6) is 0 Å². The van der Waals surface area contributed by atoms with E-state index in [0.29, 0.717) is 12.8 Å². The van der Waals surface area contributed by atoms with Crippen molar-refractivity contribution in [1.29, 1.82) is 0 Å². The van der Waals surface area contributed by atoms with E-state index >= 15 is 0 Å². The zero-order chi connectivity index (χ0) is 47.7. The number of carboxylic acid groups (broad SMARTS) is 1. The third kappa shape index (κ3) is 46.9. The number of carbonyl (C=O) groups is 3. The minimum atomic E-state index is -1.12. The summed E-state index contributed by atoms with van der Waals surface area (Å²) in [4.78, 5) is 37.1. The number of ether oxygens (including phenoxy) is 3. The van der Waals surface area contributed by atoms with E-state index in [1.54, 1.807) is 0 Å². The number of aliphatic carboxylic acids is 1. The van der Waals surface area contributed by atoms with Crippen molar-refractivity contribution in [3.8, 4) is 0 Å². The Morgan fingerprint density at radius 2 is 0.769 bits per heavy atom. The van der Waals surface area contributed by atoms with Crippen LogP contribution in [0, 0.1) is 0 Å². The van der Waals surface area contributed by atoms with Crippen molar-refractivity contribution >= 4 is 17.9 Å². The van der Waals surface area contributed by atoms with Crippen molar-refractivity contribution in [2.24, 2.45) is 0 Å². The molecule has 0 rings (SSSR count). The molecule has 0 aromatic carbocycles. The van der Waals surface area contributed by atoms with Gasteiger partial charge in [-0.1, -0.05) is 238 Å². The Bertz CT molecular complexity index is 1070. The summed E-state index contributed by atoms with van der Waals surface area (Å²) in [5, 5.41) is 11.7. The van der Waals surface area contributed by atoms with Crippen molar-refractivity contribution in [2.75, 3.05) is 41.0 Å². The molecule has 0 aliphatic carbocycles. The van der Waals surface area contributed by atoms with E-state index in [-0.39, 0.29) is 42.7 Å². The maximum Gasteiger partial charge on any atom is 0.306 e. The van der Waals surface area contributed by atoms with Gasteiger partial charge in [-0.2, -0.15) is 0 Å². The molecule has 384 valence electrons. The lowest BCUT2D eigenvalue weighted by molar-refractivity contribution is -0.889. The molecule has 0 saturated carbocycles. The second kappa shape index (κ2) is 48.5. The lowest BCUT2D eigenvalue weighted by Gasteiger charge is -2.34. The minimum absolute atomic E-state index is 0.0460. The molecule has 0 heterocycles. The summed E-state index contributed by atoms with van der Waals surface area (Å²) in [5.41, 5.74) is 0. The Morgan fingerprint density at radius 3 is 1.11 bits per heavy atom. The number of hydrogen-bond acceptors (Lipinski definition) is 7. The number of carbonyl (C=O) groups excluding carboxylic acids is 3. The van der Waals surface area contributed by atoms with Gasteiger partial charge in [-0.3, -0.25) is 9.59 Å². The number of esters is 2. The number of allylic oxidation sites excluding steroid dienone is 2. The molecule has 2 atom stereocenters. The molecule has 8 nitrogen and oxygen atoms in total. The van der Waals surface area contributed by atoms with Crippen molar-refractivity contribution in [3.05, 3.63) is 12.2 Å². The fourth-order valence-corrected chi connectivity index (χ4v) is 8.78. The molecule has 0 N–H and O–H groups in total. The lowest BCUT2D eigenvalue weighted by Crippen LogP contribution is -2.55. The van der Waals surface area contributed by atoms with Crippen LogP contribution in [0.2, 0.25) is 0 Å². The predicted octanol–water partition coefficient (Wildman–Crippen LogP) is 15.3. The molecule has 0 aliphatic heterocycles. The van der Waals surface area contributed by atoms with Gasteiger partial charge in [0.15, 0.2) is 6.10 Å². The first-order valence-electron chi connectivity index (χ1n) is 28.2. The van der Waals surface area contributed by atoms with Gasteiger partial charge in [0.1, 0.15) is 12.6 Å². The molecule has 0 aliphatic rings. The number of hydrogen-bond donors (Lipinski definition) is 0. The zero-order valence-corrected chi connectivity index (χ0v) is 43.9. The third-order valence-electron chi connectivity index (χ3n) is 13.2. The standard InChI is InChI=1S/C57H109NO7/c1-6-8-10-12-14-16-18-20-22-24-26-28-30-32-34-36-38-40-42-44-46-48-56(60)65-53(51-63-50-49-54(57(61)62)58(3,4)5)52-64-55(59)47-45-43-41-39-37-35-33-31-29-27-25-23-21-19-17-15-13-11-9-7-2/h27,29,53-54H,6-26,28,30-52H2,1-5H3/b29-27+. The van der Waals surface area contributed by atoms with E-state index in [1.165, 1.54) is 212 Å². The highest BCUT2D eigenvalue weighted by Gasteiger charge is 2.25. The topological polar surface area (TPSA) is 102 Å². The van der Waals surface area contributed by atoms with Crippen LogP contribution in [0.15, 0.2) is 12.2 Å². The Hall–Kier alpha value is -1.93. The van der Waals surface area contributed by atoms with E-state index in [9.17, 15) is 19.5 Å². The van der Waals surface area contributed by atoms with Gasteiger partial charge in [0.25, 0.3) is 0 Å². The van der Waals surface area contributed by atoms with Crippen LogP contribution in [0.25, 0.3) is 0 Å². The maximum absolute atomic E-state index is 12.8. The van der Waals surface area contributed by atoms with E-state index < -0.39 is 18.1 Å². The number of rotatable bonds is 52.